The first-order valence-corrected chi connectivity index (χ1v) is 8.37. The lowest BCUT2D eigenvalue weighted by Crippen LogP contribution is -1.95. The number of carbonyl (C=O) groups is 1. The van der Waals surface area contributed by atoms with Crippen LogP contribution < -0.4 is 4.74 Å². The van der Waals surface area contributed by atoms with Gasteiger partial charge in [-0.1, -0.05) is 42.8 Å². The number of unbranched alkanes of at least 4 members (excludes halogenated alkanes) is 3. The maximum Gasteiger partial charge on any atom is 0.330 e. The molecule has 0 amide bonds. The highest BCUT2D eigenvalue weighted by Crippen LogP contribution is 2.21. The van der Waals surface area contributed by atoms with Crippen molar-refractivity contribution in [3.8, 4) is 11.5 Å². The van der Waals surface area contributed by atoms with Crippen molar-refractivity contribution in [3.05, 3.63) is 71.8 Å². The highest BCUT2D eigenvalue weighted by molar-refractivity contribution is 5.85. The minimum atomic E-state index is -0.826. The highest BCUT2D eigenvalue weighted by atomic mass is 16.5. The van der Waals surface area contributed by atoms with Gasteiger partial charge in [0.2, 0.25) is 0 Å². The van der Waals surface area contributed by atoms with Gasteiger partial charge in [0, 0.05) is 5.57 Å². The Labute approximate surface area is 143 Å². The summed E-state index contributed by atoms with van der Waals surface area (Å²) in [5, 5.41) is 8.77. The summed E-state index contributed by atoms with van der Waals surface area (Å²) in [6.45, 7) is 1.64. The van der Waals surface area contributed by atoms with Crippen molar-refractivity contribution in [2.24, 2.45) is 0 Å². The van der Waals surface area contributed by atoms with Gasteiger partial charge in [0.05, 0.1) is 0 Å². The predicted molar refractivity (Wildman–Crippen MR) is 96.5 cm³/mol. The van der Waals surface area contributed by atoms with E-state index in [2.05, 4.69) is 12.1 Å². The maximum absolute atomic E-state index is 10.7. The number of benzene rings is 2. The van der Waals surface area contributed by atoms with Crippen molar-refractivity contribution in [3.63, 3.8) is 0 Å². The van der Waals surface area contributed by atoms with Gasteiger partial charge in [0.25, 0.3) is 0 Å². The van der Waals surface area contributed by atoms with E-state index < -0.39 is 5.97 Å². The fourth-order valence-corrected chi connectivity index (χ4v) is 2.40. The molecule has 0 heterocycles. The van der Waals surface area contributed by atoms with Crippen LogP contribution in [-0.4, -0.2) is 11.1 Å². The van der Waals surface area contributed by atoms with E-state index in [1.54, 1.807) is 13.0 Å². The van der Waals surface area contributed by atoms with E-state index in [4.69, 9.17) is 9.84 Å². The predicted octanol–water partition coefficient (Wildman–Crippen LogP) is 5.61. The molecule has 0 aromatic heterocycles. The van der Waals surface area contributed by atoms with Crippen LogP contribution in [0.5, 0.6) is 11.5 Å². The first-order chi connectivity index (χ1) is 11.6. The van der Waals surface area contributed by atoms with E-state index in [0.29, 0.717) is 5.57 Å². The molecule has 3 nitrogen and oxygen atoms in total. The SMILES string of the molecule is CC(=CCCCCCc1ccc(Oc2ccccc2)cc1)C(=O)O. The van der Waals surface area contributed by atoms with Gasteiger partial charge < -0.3 is 9.84 Å². The number of aryl methyl sites for hydroxylation is 1. The number of hydrogen-bond donors (Lipinski definition) is 1. The van der Waals surface area contributed by atoms with Crippen LogP contribution >= 0.6 is 0 Å². The zero-order chi connectivity index (χ0) is 17.2. The Kier molecular flexibility index (Phi) is 7.09. The molecule has 0 aliphatic heterocycles. The molecular weight excluding hydrogens is 300 g/mol. The van der Waals surface area contributed by atoms with E-state index in [1.807, 2.05) is 42.5 Å². The Morgan fingerprint density at radius 1 is 0.958 bits per heavy atom. The molecule has 0 unspecified atom stereocenters. The Balaban J connectivity index is 1.69. The lowest BCUT2D eigenvalue weighted by molar-refractivity contribution is -0.132. The fraction of sp³-hybridized carbons (Fsp3) is 0.286. The molecule has 2 aromatic carbocycles. The summed E-state index contributed by atoms with van der Waals surface area (Å²) in [5.41, 5.74) is 1.73. The first kappa shape index (κ1) is 17.8. The molecule has 3 heteroatoms. The number of aliphatic carboxylic acids is 1. The lowest BCUT2D eigenvalue weighted by atomic mass is 10.1. The van der Waals surface area contributed by atoms with E-state index in [9.17, 15) is 4.79 Å². The van der Waals surface area contributed by atoms with Crippen molar-refractivity contribution < 1.29 is 14.6 Å². The monoisotopic (exact) mass is 324 g/mol. The van der Waals surface area contributed by atoms with Gasteiger partial charge in [-0.3, -0.25) is 0 Å². The van der Waals surface area contributed by atoms with Gasteiger partial charge in [-0.2, -0.15) is 0 Å². The van der Waals surface area contributed by atoms with Crippen LogP contribution in [0.15, 0.2) is 66.2 Å². The molecule has 0 bridgehead atoms. The standard InChI is InChI=1S/C21H24O3/c1-17(21(22)23)9-5-2-3-6-10-18-13-15-20(16-14-18)24-19-11-7-4-8-12-19/h4,7-9,11-16H,2-3,5-6,10H2,1H3,(H,22,23). The van der Waals surface area contributed by atoms with Crippen molar-refractivity contribution in [2.75, 3.05) is 0 Å². The smallest absolute Gasteiger partial charge is 0.330 e. The van der Waals surface area contributed by atoms with Crippen LogP contribution in [-0.2, 0) is 11.2 Å². The Morgan fingerprint density at radius 3 is 2.29 bits per heavy atom. The number of rotatable bonds is 9. The van der Waals surface area contributed by atoms with E-state index in [0.717, 1.165) is 43.6 Å². The third-order valence-electron chi connectivity index (χ3n) is 3.86. The van der Waals surface area contributed by atoms with Crippen molar-refractivity contribution in [1.82, 2.24) is 0 Å². The van der Waals surface area contributed by atoms with Crippen LogP contribution in [0.2, 0.25) is 0 Å². The quantitative estimate of drug-likeness (QED) is 0.481. The molecule has 0 spiro atoms. The second-order valence-corrected chi connectivity index (χ2v) is 5.85. The number of hydrogen-bond acceptors (Lipinski definition) is 2. The molecule has 2 aromatic rings. The summed E-state index contributed by atoms with van der Waals surface area (Å²) >= 11 is 0. The molecule has 0 atom stereocenters. The van der Waals surface area contributed by atoms with E-state index in [1.165, 1.54) is 5.56 Å². The van der Waals surface area contributed by atoms with Crippen molar-refractivity contribution >= 4 is 5.97 Å². The summed E-state index contributed by atoms with van der Waals surface area (Å²) in [5.74, 6) is 0.863. The number of carboxylic acids is 1. The third kappa shape index (κ3) is 6.29. The molecule has 0 saturated carbocycles. The molecule has 0 aliphatic rings. The summed E-state index contributed by atoms with van der Waals surface area (Å²) in [4.78, 5) is 10.7. The molecule has 0 fully saturated rings. The fourth-order valence-electron chi connectivity index (χ4n) is 2.40. The first-order valence-electron chi connectivity index (χ1n) is 8.37. The summed E-state index contributed by atoms with van der Waals surface area (Å²) < 4.78 is 5.78. The molecule has 2 rings (SSSR count). The molecule has 0 saturated heterocycles. The molecule has 1 N–H and O–H groups in total. The molecular formula is C21H24O3. The second kappa shape index (κ2) is 9.56. The largest absolute Gasteiger partial charge is 0.478 e. The van der Waals surface area contributed by atoms with E-state index in [-0.39, 0.29) is 0 Å². The van der Waals surface area contributed by atoms with Crippen LogP contribution in [0, 0.1) is 0 Å². The zero-order valence-corrected chi connectivity index (χ0v) is 14.1. The van der Waals surface area contributed by atoms with Gasteiger partial charge in [-0.15, -0.1) is 0 Å². The van der Waals surface area contributed by atoms with Crippen LogP contribution in [0.3, 0.4) is 0 Å². The summed E-state index contributed by atoms with van der Waals surface area (Å²) in [6, 6.07) is 18.0. The number of ether oxygens (including phenoxy) is 1. The summed E-state index contributed by atoms with van der Waals surface area (Å²) in [7, 11) is 0. The maximum atomic E-state index is 10.7. The molecule has 0 radical (unpaired) electrons. The minimum absolute atomic E-state index is 0.434. The topological polar surface area (TPSA) is 46.5 Å². The zero-order valence-electron chi connectivity index (χ0n) is 14.1. The van der Waals surface area contributed by atoms with Crippen LogP contribution in [0.4, 0.5) is 0 Å². The Bertz CT molecular complexity index is 657. The molecule has 24 heavy (non-hydrogen) atoms. The van der Waals surface area contributed by atoms with E-state index >= 15 is 0 Å². The Morgan fingerprint density at radius 2 is 1.62 bits per heavy atom. The van der Waals surface area contributed by atoms with Gasteiger partial charge in [-0.25, -0.2) is 4.79 Å². The normalized spacial score (nSPS) is 11.3. The second-order valence-electron chi connectivity index (χ2n) is 5.85. The van der Waals surface area contributed by atoms with Crippen LogP contribution in [0.1, 0.15) is 38.2 Å². The van der Waals surface area contributed by atoms with Crippen LogP contribution in [0.25, 0.3) is 0 Å². The number of para-hydroxylation sites is 1. The highest BCUT2D eigenvalue weighted by Gasteiger charge is 1.99. The van der Waals surface area contributed by atoms with Crippen molar-refractivity contribution in [2.45, 2.75) is 39.0 Å². The average Bonchev–Trinajstić information content (AvgIpc) is 2.60. The number of allylic oxidation sites excluding steroid dienone is 1. The van der Waals surface area contributed by atoms with Gasteiger partial charge in [0.1, 0.15) is 11.5 Å². The summed E-state index contributed by atoms with van der Waals surface area (Å²) in [6.07, 6.45) is 6.91. The van der Waals surface area contributed by atoms with Gasteiger partial charge in [0.15, 0.2) is 0 Å². The average molecular weight is 324 g/mol. The van der Waals surface area contributed by atoms with Gasteiger partial charge in [-0.05, 0) is 62.4 Å². The third-order valence-corrected chi connectivity index (χ3v) is 3.86. The van der Waals surface area contributed by atoms with Crippen molar-refractivity contribution in [1.29, 1.82) is 0 Å². The number of carboxylic acid groups (broad SMARTS) is 1. The molecule has 0 aliphatic carbocycles. The van der Waals surface area contributed by atoms with Gasteiger partial charge >= 0.3 is 5.97 Å². The minimum Gasteiger partial charge on any atom is -0.478 e. The lowest BCUT2D eigenvalue weighted by Gasteiger charge is -2.06. The molecule has 126 valence electrons. The Hall–Kier alpha value is -2.55.